The molecule has 1 aromatic carbocycles. The Labute approximate surface area is 114 Å². The maximum absolute atomic E-state index is 12.6. The number of hydrogen-bond acceptors (Lipinski definition) is 1. The Balaban J connectivity index is 2.12. The molecule has 1 fully saturated rings. The minimum Gasteiger partial charge on any atom is -0.311 e. The highest BCUT2D eigenvalue weighted by Crippen LogP contribution is 2.31. The van der Waals surface area contributed by atoms with Gasteiger partial charge in [-0.2, -0.15) is 0 Å². The van der Waals surface area contributed by atoms with E-state index in [0.29, 0.717) is 5.92 Å². The highest BCUT2D eigenvalue weighted by molar-refractivity contribution is 5.79. The quantitative estimate of drug-likeness (QED) is 0.706. The molecule has 0 spiro atoms. The normalized spacial score (nSPS) is 17.5. The van der Waals surface area contributed by atoms with Gasteiger partial charge >= 0.3 is 0 Å². The molecule has 2 aromatic rings. The Morgan fingerprint density at radius 3 is 2.47 bits per heavy atom. The predicted molar refractivity (Wildman–Crippen MR) is 79.6 cm³/mol. The number of para-hydroxylation sites is 1. The maximum Gasteiger partial charge on any atom is 0.254 e. The number of rotatable bonds is 1. The fourth-order valence-electron chi connectivity index (χ4n) is 3.33. The van der Waals surface area contributed by atoms with E-state index >= 15 is 0 Å². The number of benzene rings is 1. The van der Waals surface area contributed by atoms with Crippen molar-refractivity contribution in [3.8, 4) is 0 Å². The summed E-state index contributed by atoms with van der Waals surface area (Å²) in [5, 5.41) is 1.18. The zero-order valence-corrected chi connectivity index (χ0v) is 11.6. The second-order valence-electron chi connectivity index (χ2n) is 5.71. The van der Waals surface area contributed by atoms with E-state index in [0.717, 1.165) is 11.1 Å². The first-order chi connectivity index (χ1) is 9.27. The molecular formula is C17H21NO. The Morgan fingerprint density at radius 2 is 1.74 bits per heavy atom. The minimum atomic E-state index is 0.200. The van der Waals surface area contributed by atoms with Gasteiger partial charge in [0.1, 0.15) is 0 Å². The lowest BCUT2D eigenvalue weighted by Gasteiger charge is -2.16. The average molecular weight is 255 g/mol. The molecule has 1 heterocycles. The van der Waals surface area contributed by atoms with Crippen molar-refractivity contribution in [2.75, 3.05) is 0 Å². The van der Waals surface area contributed by atoms with Gasteiger partial charge in [-0.05, 0) is 36.3 Å². The van der Waals surface area contributed by atoms with Crippen LogP contribution in [0.3, 0.4) is 0 Å². The van der Waals surface area contributed by atoms with Crippen LogP contribution in [0.5, 0.6) is 0 Å². The summed E-state index contributed by atoms with van der Waals surface area (Å²) in [6, 6.07) is 10.3. The van der Waals surface area contributed by atoms with Gasteiger partial charge in [-0.1, -0.05) is 43.9 Å². The summed E-state index contributed by atoms with van der Waals surface area (Å²) < 4.78 is 1.82. The Bertz CT molecular complexity index is 633. The average Bonchev–Trinajstić information content (AvgIpc) is 2.72. The molecule has 0 atom stereocenters. The van der Waals surface area contributed by atoms with Gasteiger partial charge in [0.25, 0.3) is 5.56 Å². The van der Waals surface area contributed by atoms with Gasteiger partial charge < -0.3 is 4.57 Å². The highest BCUT2D eigenvalue weighted by Gasteiger charge is 2.18. The molecule has 1 aliphatic carbocycles. The number of aryl methyl sites for hydroxylation is 1. The van der Waals surface area contributed by atoms with E-state index in [4.69, 9.17) is 0 Å². The van der Waals surface area contributed by atoms with Gasteiger partial charge in [0.2, 0.25) is 0 Å². The second kappa shape index (κ2) is 5.20. The van der Waals surface area contributed by atoms with E-state index in [1.807, 2.05) is 29.8 Å². The first kappa shape index (κ1) is 12.5. The number of pyridine rings is 1. The van der Waals surface area contributed by atoms with E-state index in [9.17, 15) is 4.79 Å². The van der Waals surface area contributed by atoms with Crippen LogP contribution in [0.15, 0.2) is 35.1 Å². The van der Waals surface area contributed by atoms with E-state index in [1.54, 1.807) is 0 Å². The molecule has 1 aromatic heterocycles. The number of fused-ring (bicyclic) bond motifs is 1. The Kier molecular flexibility index (Phi) is 3.41. The zero-order valence-electron chi connectivity index (χ0n) is 11.6. The van der Waals surface area contributed by atoms with Crippen molar-refractivity contribution in [3.63, 3.8) is 0 Å². The van der Waals surface area contributed by atoms with Crippen molar-refractivity contribution in [2.45, 2.75) is 44.4 Å². The van der Waals surface area contributed by atoms with Gasteiger partial charge in [-0.3, -0.25) is 4.79 Å². The lowest BCUT2D eigenvalue weighted by atomic mass is 9.92. The standard InChI is InChI=1S/C17H21NO/c1-18-16-11-7-6-10-14(16)12-15(17(18)19)13-8-4-2-3-5-9-13/h6-7,10-13H,2-5,8-9H2,1H3. The summed E-state index contributed by atoms with van der Waals surface area (Å²) in [4.78, 5) is 12.6. The van der Waals surface area contributed by atoms with Gasteiger partial charge in [0.05, 0.1) is 5.52 Å². The first-order valence-electron chi connectivity index (χ1n) is 7.36. The number of nitrogens with zero attached hydrogens (tertiary/aromatic N) is 1. The van der Waals surface area contributed by atoms with Gasteiger partial charge in [0, 0.05) is 12.6 Å². The Hall–Kier alpha value is -1.57. The summed E-state index contributed by atoms with van der Waals surface area (Å²) >= 11 is 0. The van der Waals surface area contributed by atoms with E-state index in [-0.39, 0.29) is 5.56 Å². The summed E-state index contributed by atoms with van der Waals surface area (Å²) in [7, 11) is 1.89. The molecule has 2 heteroatoms. The van der Waals surface area contributed by atoms with Crippen molar-refractivity contribution in [2.24, 2.45) is 7.05 Å². The van der Waals surface area contributed by atoms with Gasteiger partial charge in [-0.15, -0.1) is 0 Å². The molecule has 1 saturated carbocycles. The molecule has 0 aliphatic heterocycles. The second-order valence-corrected chi connectivity index (χ2v) is 5.71. The number of hydrogen-bond donors (Lipinski definition) is 0. The molecule has 0 radical (unpaired) electrons. The zero-order chi connectivity index (χ0) is 13.2. The van der Waals surface area contributed by atoms with Crippen LogP contribution in [-0.2, 0) is 7.05 Å². The van der Waals surface area contributed by atoms with Crippen LogP contribution in [0.4, 0.5) is 0 Å². The lowest BCUT2D eigenvalue weighted by molar-refractivity contribution is 0.583. The molecule has 0 N–H and O–H groups in total. The molecule has 2 nitrogen and oxygen atoms in total. The highest BCUT2D eigenvalue weighted by atomic mass is 16.1. The van der Waals surface area contributed by atoms with Gasteiger partial charge in [-0.25, -0.2) is 0 Å². The van der Waals surface area contributed by atoms with Crippen LogP contribution in [0.25, 0.3) is 10.9 Å². The largest absolute Gasteiger partial charge is 0.311 e. The van der Waals surface area contributed by atoms with Crippen LogP contribution in [0, 0.1) is 0 Å². The molecule has 0 unspecified atom stereocenters. The predicted octanol–water partition coefficient (Wildman–Crippen LogP) is 3.98. The van der Waals surface area contributed by atoms with Crippen LogP contribution < -0.4 is 5.56 Å². The smallest absolute Gasteiger partial charge is 0.254 e. The van der Waals surface area contributed by atoms with Crippen LogP contribution in [0.1, 0.15) is 50.0 Å². The monoisotopic (exact) mass is 255 g/mol. The fourth-order valence-corrected chi connectivity index (χ4v) is 3.33. The Morgan fingerprint density at radius 1 is 1.05 bits per heavy atom. The molecule has 0 amide bonds. The third kappa shape index (κ3) is 2.32. The van der Waals surface area contributed by atoms with Crippen LogP contribution in [-0.4, -0.2) is 4.57 Å². The molecular weight excluding hydrogens is 234 g/mol. The third-order valence-electron chi connectivity index (χ3n) is 4.46. The van der Waals surface area contributed by atoms with Crippen molar-refractivity contribution >= 4 is 10.9 Å². The molecule has 1 aliphatic rings. The summed E-state index contributed by atoms with van der Waals surface area (Å²) in [6.45, 7) is 0. The van der Waals surface area contributed by atoms with E-state index in [2.05, 4.69) is 12.1 Å². The molecule has 0 saturated heterocycles. The molecule has 3 rings (SSSR count). The topological polar surface area (TPSA) is 22.0 Å². The SMILES string of the molecule is Cn1c(=O)c(C2CCCCCC2)cc2ccccc21. The lowest BCUT2D eigenvalue weighted by Crippen LogP contribution is -2.23. The van der Waals surface area contributed by atoms with Crippen molar-refractivity contribution in [1.82, 2.24) is 4.57 Å². The third-order valence-corrected chi connectivity index (χ3v) is 4.46. The van der Waals surface area contributed by atoms with Crippen LogP contribution >= 0.6 is 0 Å². The fraction of sp³-hybridized carbons (Fsp3) is 0.471. The van der Waals surface area contributed by atoms with Gasteiger partial charge in [0.15, 0.2) is 0 Å². The summed E-state index contributed by atoms with van der Waals surface area (Å²) in [6.07, 6.45) is 7.53. The van der Waals surface area contributed by atoms with E-state index in [1.165, 1.54) is 43.9 Å². The van der Waals surface area contributed by atoms with Crippen molar-refractivity contribution in [3.05, 3.63) is 46.2 Å². The summed E-state index contributed by atoms with van der Waals surface area (Å²) in [5.41, 5.74) is 2.26. The first-order valence-corrected chi connectivity index (χ1v) is 7.36. The summed E-state index contributed by atoms with van der Waals surface area (Å²) in [5.74, 6) is 0.464. The van der Waals surface area contributed by atoms with Crippen LogP contribution in [0.2, 0.25) is 0 Å². The molecule has 0 bridgehead atoms. The van der Waals surface area contributed by atoms with E-state index < -0.39 is 0 Å². The van der Waals surface area contributed by atoms with Crippen molar-refractivity contribution in [1.29, 1.82) is 0 Å². The molecule has 100 valence electrons. The molecule has 19 heavy (non-hydrogen) atoms. The van der Waals surface area contributed by atoms with Crippen molar-refractivity contribution < 1.29 is 0 Å². The minimum absolute atomic E-state index is 0.200. The number of aromatic nitrogens is 1. The maximum atomic E-state index is 12.6.